The van der Waals surface area contributed by atoms with Crippen molar-refractivity contribution in [1.29, 1.82) is 0 Å². The summed E-state index contributed by atoms with van der Waals surface area (Å²) in [4.78, 5) is 17.3. The molecule has 4 nitrogen and oxygen atoms in total. The molecule has 0 radical (unpaired) electrons. The summed E-state index contributed by atoms with van der Waals surface area (Å²) in [6, 6.07) is 7.59. The van der Waals surface area contributed by atoms with Crippen LogP contribution in [0.5, 0.6) is 5.75 Å². The van der Waals surface area contributed by atoms with Crippen molar-refractivity contribution in [3.63, 3.8) is 0 Å². The second-order valence-electron chi connectivity index (χ2n) is 5.17. The van der Waals surface area contributed by atoms with Crippen LogP contribution in [0.2, 0.25) is 5.02 Å². The van der Waals surface area contributed by atoms with Gasteiger partial charge in [0, 0.05) is 16.0 Å². The lowest BCUT2D eigenvalue weighted by molar-refractivity contribution is 0.102. The SMILES string of the molecule is Cc1sc(NC(=O)c2ccc(O)c(Cl)c2)nc1-c1ccc(F)c(F)c1. The molecule has 0 bridgehead atoms. The van der Waals surface area contributed by atoms with Crippen LogP contribution in [0.1, 0.15) is 15.2 Å². The number of carbonyl (C=O) groups excluding carboxylic acids is 1. The smallest absolute Gasteiger partial charge is 0.257 e. The summed E-state index contributed by atoms with van der Waals surface area (Å²) >= 11 is 7.00. The lowest BCUT2D eigenvalue weighted by atomic mass is 10.1. The number of hydrogen-bond donors (Lipinski definition) is 2. The van der Waals surface area contributed by atoms with E-state index in [9.17, 15) is 18.7 Å². The van der Waals surface area contributed by atoms with Gasteiger partial charge in [-0.05, 0) is 43.3 Å². The van der Waals surface area contributed by atoms with Crippen LogP contribution in [0, 0.1) is 18.6 Å². The maximum Gasteiger partial charge on any atom is 0.257 e. The van der Waals surface area contributed by atoms with Crippen LogP contribution >= 0.6 is 22.9 Å². The first-order valence-corrected chi connectivity index (χ1v) is 8.27. The standard InChI is InChI=1S/C17H11ClF2N2O2S/c1-8-15(9-2-4-12(19)13(20)7-9)21-17(25-8)22-16(24)10-3-5-14(23)11(18)6-10/h2-7,23H,1H3,(H,21,22,24). The van der Waals surface area contributed by atoms with E-state index < -0.39 is 17.5 Å². The minimum absolute atomic E-state index is 0.0606. The van der Waals surface area contributed by atoms with E-state index in [4.69, 9.17) is 11.6 Å². The van der Waals surface area contributed by atoms with Crippen LogP contribution < -0.4 is 5.32 Å². The molecule has 0 saturated heterocycles. The van der Waals surface area contributed by atoms with Crippen LogP contribution in [0.3, 0.4) is 0 Å². The summed E-state index contributed by atoms with van der Waals surface area (Å²) in [5.41, 5.74) is 1.13. The second-order valence-corrected chi connectivity index (χ2v) is 6.78. The number of aryl methyl sites for hydroxylation is 1. The number of carbonyl (C=O) groups is 1. The first-order valence-electron chi connectivity index (χ1n) is 7.08. The second kappa shape index (κ2) is 6.78. The Balaban J connectivity index is 1.85. The van der Waals surface area contributed by atoms with Crippen molar-refractivity contribution >= 4 is 34.0 Å². The van der Waals surface area contributed by atoms with E-state index in [1.165, 1.54) is 35.6 Å². The molecular weight excluding hydrogens is 370 g/mol. The van der Waals surface area contributed by atoms with Gasteiger partial charge in [-0.2, -0.15) is 0 Å². The molecule has 0 saturated carbocycles. The number of thiazole rings is 1. The molecule has 0 fully saturated rings. The maximum absolute atomic E-state index is 13.4. The Morgan fingerprint density at radius 3 is 2.64 bits per heavy atom. The first kappa shape index (κ1) is 17.3. The quantitative estimate of drug-likeness (QED) is 0.671. The van der Waals surface area contributed by atoms with Crippen LogP contribution in [0.25, 0.3) is 11.3 Å². The molecule has 0 spiro atoms. The van der Waals surface area contributed by atoms with Crippen molar-refractivity contribution in [1.82, 2.24) is 4.98 Å². The van der Waals surface area contributed by atoms with Crippen molar-refractivity contribution in [2.45, 2.75) is 6.92 Å². The van der Waals surface area contributed by atoms with Gasteiger partial charge in [0.1, 0.15) is 5.75 Å². The monoisotopic (exact) mass is 380 g/mol. The van der Waals surface area contributed by atoms with Gasteiger partial charge >= 0.3 is 0 Å². The normalized spacial score (nSPS) is 10.7. The third kappa shape index (κ3) is 3.62. The maximum atomic E-state index is 13.4. The summed E-state index contributed by atoms with van der Waals surface area (Å²) in [5, 5.41) is 12.4. The summed E-state index contributed by atoms with van der Waals surface area (Å²) in [7, 11) is 0. The molecule has 0 aliphatic heterocycles. The van der Waals surface area contributed by atoms with Gasteiger partial charge in [-0.25, -0.2) is 13.8 Å². The average Bonchev–Trinajstić information content (AvgIpc) is 2.93. The van der Waals surface area contributed by atoms with Crippen LogP contribution in [0.4, 0.5) is 13.9 Å². The van der Waals surface area contributed by atoms with Gasteiger partial charge in [0.05, 0.1) is 10.7 Å². The Morgan fingerprint density at radius 2 is 1.96 bits per heavy atom. The van der Waals surface area contributed by atoms with Gasteiger partial charge in [0.2, 0.25) is 0 Å². The van der Waals surface area contributed by atoms with E-state index in [2.05, 4.69) is 10.3 Å². The highest BCUT2D eigenvalue weighted by Crippen LogP contribution is 2.31. The number of aromatic nitrogens is 1. The summed E-state index contributed by atoms with van der Waals surface area (Å²) in [6.07, 6.45) is 0. The number of rotatable bonds is 3. The summed E-state index contributed by atoms with van der Waals surface area (Å²) < 4.78 is 26.5. The van der Waals surface area contributed by atoms with Crippen LogP contribution in [0.15, 0.2) is 36.4 Å². The molecule has 3 aromatic rings. The van der Waals surface area contributed by atoms with Gasteiger partial charge < -0.3 is 5.11 Å². The number of phenolic OH excluding ortho intramolecular Hbond substituents is 1. The minimum Gasteiger partial charge on any atom is -0.506 e. The molecule has 0 aliphatic carbocycles. The van der Waals surface area contributed by atoms with E-state index in [-0.39, 0.29) is 16.3 Å². The molecule has 1 amide bonds. The number of phenols is 1. The first-order chi connectivity index (χ1) is 11.8. The summed E-state index contributed by atoms with van der Waals surface area (Å²) in [5.74, 6) is -2.47. The third-order valence-corrected chi connectivity index (χ3v) is 4.61. The van der Waals surface area contributed by atoms with Gasteiger partial charge in [-0.1, -0.05) is 11.6 Å². The summed E-state index contributed by atoms with van der Waals surface area (Å²) in [6.45, 7) is 1.77. The molecule has 128 valence electrons. The zero-order chi connectivity index (χ0) is 18.1. The highest BCUT2D eigenvalue weighted by molar-refractivity contribution is 7.16. The molecule has 1 aromatic heterocycles. The number of halogens is 3. The predicted octanol–water partition coefficient (Wildman–Crippen LogP) is 5.01. The Bertz CT molecular complexity index is 975. The highest BCUT2D eigenvalue weighted by atomic mass is 35.5. The number of amides is 1. The Kier molecular flexibility index (Phi) is 4.69. The van der Waals surface area contributed by atoms with E-state index in [1.54, 1.807) is 6.92 Å². The van der Waals surface area contributed by atoms with E-state index >= 15 is 0 Å². The number of benzene rings is 2. The topological polar surface area (TPSA) is 62.2 Å². The largest absolute Gasteiger partial charge is 0.506 e. The van der Waals surface area contributed by atoms with Crippen molar-refractivity contribution < 1.29 is 18.7 Å². The van der Waals surface area contributed by atoms with Crippen molar-refractivity contribution in [2.75, 3.05) is 5.32 Å². The fourth-order valence-corrected chi connectivity index (χ4v) is 3.19. The van der Waals surface area contributed by atoms with Gasteiger partial charge in [-0.3, -0.25) is 10.1 Å². The fourth-order valence-electron chi connectivity index (χ4n) is 2.18. The number of anilines is 1. The van der Waals surface area contributed by atoms with Crippen LogP contribution in [-0.4, -0.2) is 16.0 Å². The number of aromatic hydroxyl groups is 1. The fraction of sp³-hybridized carbons (Fsp3) is 0.0588. The Labute approximate surface area is 150 Å². The van der Waals surface area contributed by atoms with Gasteiger partial charge in [0.15, 0.2) is 16.8 Å². The zero-order valence-corrected chi connectivity index (χ0v) is 14.4. The number of hydrogen-bond acceptors (Lipinski definition) is 4. The van der Waals surface area contributed by atoms with E-state index in [1.807, 2.05) is 0 Å². The Morgan fingerprint density at radius 1 is 1.20 bits per heavy atom. The van der Waals surface area contributed by atoms with Crippen LogP contribution in [-0.2, 0) is 0 Å². The van der Waals surface area contributed by atoms with Crippen molar-refractivity contribution in [3.05, 3.63) is 63.5 Å². The lowest BCUT2D eigenvalue weighted by Gasteiger charge is -2.03. The molecule has 2 N–H and O–H groups in total. The molecule has 0 aliphatic rings. The predicted molar refractivity (Wildman–Crippen MR) is 93.3 cm³/mol. The molecule has 0 unspecified atom stereocenters. The Hall–Kier alpha value is -2.51. The highest BCUT2D eigenvalue weighted by Gasteiger charge is 2.15. The van der Waals surface area contributed by atoms with Crippen molar-refractivity contribution in [2.24, 2.45) is 0 Å². The minimum atomic E-state index is -0.964. The molecule has 8 heteroatoms. The molecule has 25 heavy (non-hydrogen) atoms. The van der Waals surface area contributed by atoms with E-state index in [0.717, 1.165) is 17.0 Å². The molecular formula is C17H11ClF2N2O2S. The van der Waals surface area contributed by atoms with E-state index in [0.29, 0.717) is 16.4 Å². The number of nitrogens with zero attached hydrogens (tertiary/aromatic N) is 1. The lowest BCUT2D eigenvalue weighted by Crippen LogP contribution is -2.11. The zero-order valence-electron chi connectivity index (χ0n) is 12.8. The molecule has 1 heterocycles. The average molecular weight is 381 g/mol. The molecule has 3 rings (SSSR count). The van der Waals surface area contributed by atoms with Crippen molar-refractivity contribution in [3.8, 4) is 17.0 Å². The molecule has 0 atom stereocenters. The number of nitrogens with one attached hydrogen (secondary N) is 1. The van der Waals surface area contributed by atoms with Gasteiger partial charge in [0.25, 0.3) is 5.91 Å². The third-order valence-electron chi connectivity index (χ3n) is 3.42. The molecule has 2 aromatic carbocycles. The van der Waals surface area contributed by atoms with Gasteiger partial charge in [-0.15, -0.1) is 11.3 Å².